The van der Waals surface area contributed by atoms with Gasteiger partial charge in [0.2, 0.25) is 5.91 Å². The van der Waals surface area contributed by atoms with E-state index in [1.807, 2.05) is 35.2 Å². The van der Waals surface area contributed by atoms with Crippen LogP contribution in [0.1, 0.15) is 40.1 Å². The van der Waals surface area contributed by atoms with Crippen molar-refractivity contribution in [2.75, 3.05) is 18.0 Å². The number of aromatic nitrogens is 1. The minimum atomic E-state index is -0.154. The van der Waals surface area contributed by atoms with Crippen molar-refractivity contribution >= 4 is 38.5 Å². The first-order valence-corrected chi connectivity index (χ1v) is 12.4. The number of rotatable bonds is 5. The zero-order chi connectivity index (χ0) is 23.7. The van der Waals surface area contributed by atoms with E-state index in [4.69, 9.17) is 9.40 Å². The van der Waals surface area contributed by atoms with Gasteiger partial charge in [-0.3, -0.25) is 14.5 Å². The molecule has 0 atom stereocenters. The van der Waals surface area contributed by atoms with Crippen molar-refractivity contribution in [3.63, 3.8) is 0 Å². The van der Waals surface area contributed by atoms with Crippen molar-refractivity contribution in [3.05, 3.63) is 83.3 Å². The SMILES string of the molecule is Cc1cc(C)c2nc(N(Cc3ccccc3)C(=O)C3CCN(C(=O)c4ccco4)CC3)sc2c1. The number of amides is 2. The van der Waals surface area contributed by atoms with E-state index in [1.54, 1.807) is 28.4 Å². The third kappa shape index (κ3) is 4.48. The Morgan fingerprint density at radius 2 is 1.85 bits per heavy atom. The van der Waals surface area contributed by atoms with Gasteiger partial charge in [-0.2, -0.15) is 0 Å². The van der Waals surface area contributed by atoms with E-state index in [-0.39, 0.29) is 17.7 Å². The molecule has 7 heteroatoms. The molecular formula is C27H27N3O3S. The summed E-state index contributed by atoms with van der Waals surface area (Å²) in [6, 6.07) is 17.7. The molecule has 1 aliphatic heterocycles. The largest absolute Gasteiger partial charge is 0.459 e. The number of furan rings is 1. The number of nitrogens with zero attached hydrogens (tertiary/aromatic N) is 3. The van der Waals surface area contributed by atoms with Crippen molar-refractivity contribution in [2.45, 2.75) is 33.2 Å². The molecule has 0 unspecified atom stereocenters. The summed E-state index contributed by atoms with van der Waals surface area (Å²) >= 11 is 1.57. The van der Waals surface area contributed by atoms with Crippen LogP contribution in [0, 0.1) is 19.8 Å². The minimum absolute atomic E-state index is 0.0716. The zero-order valence-electron chi connectivity index (χ0n) is 19.4. The van der Waals surface area contributed by atoms with Crippen LogP contribution in [0.2, 0.25) is 0 Å². The van der Waals surface area contributed by atoms with Gasteiger partial charge in [-0.15, -0.1) is 0 Å². The number of aryl methyl sites for hydroxylation is 2. The number of benzene rings is 2. The smallest absolute Gasteiger partial charge is 0.289 e. The third-order valence-electron chi connectivity index (χ3n) is 6.36. The lowest BCUT2D eigenvalue weighted by Gasteiger charge is -2.33. The average molecular weight is 474 g/mol. The van der Waals surface area contributed by atoms with Gasteiger partial charge in [0.1, 0.15) is 0 Å². The predicted molar refractivity (Wildman–Crippen MR) is 134 cm³/mol. The normalized spacial score (nSPS) is 14.5. The van der Waals surface area contributed by atoms with E-state index in [1.165, 1.54) is 11.8 Å². The fraction of sp³-hybridized carbons (Fsp3) is 0.296. The van der Waals surface area contributed by atoms with Gasteiger partial charge in [-0.05, 0) is 61.6 Å². The second-order valence-corrected chi connectivity index (χ2v) is 9.89. The van der Waals surface area contributed by atoms with Crippen molar-refractivity contribution < 1.29 is 14.0 Å². The zero-order valence-corrected chi connectivity index (χ0v) is 20.2. The van der Waals surface area contributed by atoms with Crippen molar-refractivity contribution in [1.29, 1.82) is 0 Å². The fourth-order valence-electron chi connectivity index (χ4n) is 4.59. The molecule has 5 rings (SSSR count). The number of likely N-dealkylation sites (tertiary alicyclic amines) is 1. The van der Waals surface area contributed by atoms with Crippen LogP contribution in [0.4, 0.5) is 5.13 Å². The summed E-state index contributed by atoms with van der Waals surface area (Å²) in [6.07, 6.45) is 2.76. The summed E-state index contributed by atoms with van der Waals surface area (Å²) in [5.74, 6) is 0.145. The van der Waals surface area contributed by atoms with Gasteiger partial charge in [0.25, 0.3) is 5.91 Å². The summed E-state index contributed by atoms with van der Waals surface area (Å²) in [5, 5.41) is 0.728. The van der Waals surface area contributed by atoms with Crippen molar-refractivity contribution in [2.24, 2.45) is 5.92 Å². The lowest BCUT2D eigenvalue weighted by Crippen LogP contribution is -2.44. The first kappa shape index (κ1) is 22.3. The Labute approximate surface area is 202 Å². The molecule has 0 spiro atoms. The number of carbonyl (C=O) groups is 2. The Hall–Kier alpha value is -3.45. The lowest BCUT2D eigenvalue weighted by atomic mass is 9.95. The molecule has 2 aromatic carbocycles. The number of fused-ring (bicyclic) bond motifs is 1. The van der Waals surface area contributed by atoms with Gasteiger partial charge in [-0.25, -0.2) is 4.98 Å². The second kappa shape index (κ2) is 9.43. The summed E-state index contributed by atoms with van der Waals surface area (Å²) in [4.78, 5) is 34.9. The van der Waals surface area contributed by atoms with Gasteiger partial charge in [0, 0.05) is 19.0 Å². The lowest BCUT2D eigenvalue weighted by molar-refractivity contribution is -0.123. The summed E-state index contributed by atoms with van der Waals surface area (Å²) in [7, 11) is 0. The predicted octanol–water partition coefficient (Wildman–Crippen LogP) is 5.59. The Bertz CT molecular complexity index is 1310. The van der Waals surface area contributed by atoms with Crippen LogP contribution >= 0.6 is 11.3 Å². The van der Waals surface area contributed by atoms with E-state index < -0.39 is 0 Å². The molecular weight excluding hydrogens is 446 g/mol. The topological polar surface area (TPSA) is 66.7 Å². The maximum atomic E-state index is 13.8. The van der Waals surface area contributed by atoms with E-state index >= 15 is 0 Å². The molecule has 2 aromatic heterocycles. The molecule has 0 N–H and O–H groups in total. The van der Waals surface area contributed by atoms with E-state index in [9.17, 15) is 9.59 Å². The first-order chi connectivity index (χ1) is 16.5. The Morgan fingerprint density at radius 1 is 1.09 bits per heavy atom. The molecule has 1 fully saturated rings. The van der Waals surface area contributed by atoms with Gasteiger partial charge in [0.05, 0.1) is 23.0 Å². The third-order valence-corrected chi connectivity index (χ3v) is 7.39. The first-order valence-electron chi connectivity index (χ1n) is 11.6. The average Bonchev–Trinajstić information content (AvgIpc) is 3.53. The number of hydrogen-bond acceptors (Lipinski definition) is 5. The Morgan fingerprint density at radius 3 is 2.56 bits per heavy atom. The molecule has 2 amide bonds. The highest BCUT2D eigenvalue weighted by atomic mass is 32.1. The summed E-state index contributed by atoms with van der Waals surface area (Å²) in [6.45, 7) is 5.69. The number of hydrogen-bond donors (Lipinski definition) is 0. The van der Waals surface area contributed by atoms with E-state index in [0.29, 0.717) is 38.2 Å². The maximum Gasteiger partial charge on any atom is 0.289 e. The molecule has 174 valence electrons. The van der Waals surface area contributed by atoms with Crippen LogP contribution < -0.4 is 4.90 Å². The highest BCUT2D eigenvalue weighted by Gasteiger charge is 2.33. The molecule has 6 nitrogen and oxygen atoms in total. The molecule has 34 heavy (non-hydrogen) atoms. The van der Waals surface area contributed by atoms with Crippen LogP contribution in [0.15, 0.2) is 65.3 Å². The highest BCUT2D eigenvalue weighted by Crippen LogP contribution is 2.34. The molecule has 1 aliphatic rings. The molecule has 0 saturated carbocycles. The van der Waals surface area contributed by atoms with Crippen molar-refractivity contribution in [3.8, 4) is 0 Å². The molecule has 1 saturated heterocycles. The van der Waals surface area contributed by atoms with Crippen LogP contribution in [0.5, 0.6) is 0 Å². The molecule has 3 heterocycles. The number of thiazole rings is 1. The van der Waals surface area contributed by atoms with Crippen LogP contribution in [0.25, 0.3) is 10.2 Å². The summed E-state index contributed by atoms with van der Waals surface area (Å²) < 4.78 is 6.35. The Kier molecular flexibility index (Phi) is 6.20. The van der Waals surface area contributed by atoms with Crippen molar-refractivity contribution in [1.82, 2.24) is 9.88 Å². The van der Waals surface area contributed by atoms with Gasteiger partial charge in [0.15, 0.2) is 10.9 Å². The monoisotopic (exact) mass is 473 g/mol. The summed E-state index contributed by atoms with van der Waals surface area (Å²) in [5.41, 5.74) is 4.33. The number of piperidine rings is 1. The van der Waals surface area contributed by atoms with Crippen LogP contribution in [-0.2, 0) is 11.3 Å². The molecule has 0 bridgehead atoms. The van der Waals surface area contributed by atoms with Gasteiger partial charge >= 0.3 is 0 Å². The molecule has 4 aromatic rings. The highest BCUT2D eigenvalue weighted by molar-refractivity contribution is 7.22. The van der Waals surface area contributed by atoms with Gasteiger partial charge in [-0.1, -0.05) is 47.7 Å². The molecule has 0 aliphatic carbocycles. The van der Waals surface area contributed by atoms with Crippen LogP contribution in [-0.4, -0.2) is 34.8 Å². The number of carbonyl (C=O) groups excluding carboxylic acids is 2. The van der Waals surface area contributed by atoms with Crippen LogP contribution in [0.3, 0.4) is 0 Å². The van der Waals surface area contributed by atoms with Gasteiger partial charge < -0.3 is 9.32 Å². The fourth-order valence-corrected chi connectivity index (χ4v) is 5.73. The quantitative estimate of drug-likeness (QED) is 0.379. The minimum Gasteiger partial charge on any atom is -0.459 e. The van der Waals surface area contributed by atoms with E-state index in [2.05, 4.69) is 26.0 Å². The molecule has 0 radical (unpaired) electrons. The Balaban J connectivity index is 1.39. The van der Waals surface area contributed by atoms with E-state index in [0.717, 1.165) is 26.5 Å². The standard InChI is InChI=1S/C27H27N3O3S/c1-18-15-19(2)24-23(16-18)34-27(28-24)30(17-20-7-4-3-5-8-20)25(31)21-10-12-29(13-11-21)26(32)22-9-6-14-33-22/h3-9,14-16,21H,10-13,17H2,1-2H3. The maximum absolute atomic E-state index is 13.8. The number of anilines is 1. The second-order valence-electron chi connectivity index (χ2n) is 8.88.